The van der Waals surface area contributed by atoms with E-state index in [-0.39, 0.29) is 5.91 Å². The van der Waals surface area contributed by atoms with Crippen LogP contribution in [0.4, 0.5) is 11.5 Å². The van der Waals surface area contributed by atoms with Crippen molar-refractivity contribution in [2.24, 2.45) is 0 Å². The molecule has 0 aliphatic heterocycles. The molecule has 0 bridgehead atoms. The molecule has 2 rings (SSSR count). The first kappa shape index (κ1) is 17.0. The van der Waals surface area contributed by atoms with Gasteiger partial charge in [0.25, 0.3) is 5.91 Å². The highest BCUT2D eigenvalue weighted by Crippen LogP contribution is 2.18. The number of nitrogens with zero attached hydrogens (tertiary/aromatic N) is 1. The zero-order valence-electron chi connectivity index (χ0n) is 14.1. The van der Waals surface area contributed by atoms with Gasteiger partial charge in [-0.25, -0.2) is 4.98 Å². The van der Waals surface area contributed by atoms with Crippen LogP contribution in [0.5, 0.6) is 0 Å². The van der Waals surface area contributed by atoms with Crippen molar-refractivity contribution in [3.63, 3.8) is 0 Å². The smallest absolute Gasteiger partial charge is 0.255 e. The van der Waals surface area contributed by atoms with Gasteiger partial charge in [-0.05, 0) is 42.2 Å². The largest absolute Gasteiger partial charge is 0.370 e. The molecule has 0 saturated heterocycles. The Hall–Kier alpha value is -2.36. The van der Waals surface area contributed by atoms with E-state index >= 15 is 0 Å². The fraction of sp³-hybridized carbons (Fsp3) is 0.368. The van der Waals surface area contributed by atoms with Crippen molar-refractivity contribution < 1.29 is 4.79 Å². The molecule has 0 fully saturated rings. The predicted molar refractivity (Wildman–Crippen MR) is 96.1 cm³/mol. The number of anilines is 2. The van der Waals surface area contributed by atoms with E-state index in [4.69, 9.17) is 0 Å². The lowest BCUT2D eigenvalue weighted by molar-refractivity contribution is 0.102. The molecule has 0 aliphatic carbocycles. The monoisotopic (exact) mass is 311 g/mol. The Balaban J connectivity index is 2.01. The molecule has 0 unspecified atom stereocenters. The maximum Gasteiger partial charge on any atom is 0.255 e. The number of amides is 1. The minimum atomic E-state index is -0.122. The number of carbonyl (C=O) groups is 1. The number of carbonyl (C=O) groups excluding carboxylic acids is 1. The second-order valence-electron chi connectivity index (χ2n) is 5.94. The Morgan fingerprint density at radius 3 is 2.57 bits per heavy atom. The molecule has 1 aromatic carbocycles. The molecule has 1 heterocycles. The van der Waals surface area contributed by atoms with Gasteiger partial charge in [0.05, 0.1) is 0 Å². The summed E-state index contributed by atoms with van der Waals surface area (Å²) in [4.78, 5) is 16.6. The van der Waals surface area contributed by atoms with E-state index in [1.807, 2.05) is 24.3 Å². The van der Waals surface area contributed by atoms with Crippen LogP contribution in [0.1, 0.15) is 55.5 Å². The van der Waals surface area contributed by atoms with Gasteiger partial charge in [-0.3, -0.25) is 4.79 Å². The van der Waals surface area contributed by atoms with E-state index in [9.17, 15) is 4.79 Å². The third-order valence-electron chi connectivity index (χ3n) is 3.69. The Morgan fingerprint density at radius 2 is 1.91 bits per heavy atom. The molecular weight excluding hydrogens is 286 g/mol. The first-order valence-corrected chi connectivity index (χ1v) is 8.21. The molecule has 0 atom stereocenters. The van der Waals surface area contributed by atoms with E-state index in [2.05, 4.69) is 36.4 Å². The van der Waals surface area contributed by atoms with Gasteiger partial charge in [0, 0.05) is 24.0 Å². The average molecular weight is 311 g/mol. The summed E-state index contributed by atoms with van der Waals surface area (Å²) in [5, 5.41) is 6.16. The predicted octanol–water partition coefficient (Wildman–Crippen LogP) is 4.67. The van der Waals surface area contributed by atoms with Crippen LogP contribution in [-0.4, -0.2) is 17.4 Å². The summed E-state index contributed by atoms with van der Waals surface area (Å²) in [5.74, 6) is 1.10. The average Bonchev–Trinajstić information content (AvgIpc) is 2.56. The third kappa shape index (κ3) is 5.09. The van der Waals surface area contributed by atoms with Gasteiger partial charge >= 0.3 is 0 Å². The summed E-state index contributed by atoms with van der Waals surface area (Å²) in [7, 11) is 0. The quantitative estimate of drug-likeness (QED) is 0.731. The summed E-state index contributed by atoms with van der Waals surface area (Å²) < 4.78 is 0. The summed E-state index contributed by atoms with van der Waals surface area (Å²) >= 11 is 0. The van der Waals surface area contributed by atoms with E-state index in [0.29, 0.717) is 11.5 Å². The van der Waals surface area contributed by atoms with Crippen LogP contribution in [0.25, 0.3) is 0 Å². The van der Waals surface area contributed by atoms with Gasteiger partial charge in [0.1, 0.15) is 5.82 Å². The van der Waals surface area contributed by atoms with Crippen molar-refractivity contribution in [3.05, 3.63) is 53.7 Å². The van der Waals surface area contributed by atoms with Crippen LogP contribution < -0.4 is 10.6 Å². The van der Waals surface area contributed by atoms with Gasteiger partial charge in [0.15, 0.2) is 0 Å². The van der Waals surface area contributed by atoms with Crippen molar-refractivity contribution in [1.82, 2.24) is 4.98 Å². The summed E-state index contributed by atoms with van der Waals surface area (Å²) in [6.07, 6.45) is 3.87. The van der Waals surface area contributed by atoms with Crippen LogP contribution in [0.3, 0.4) is 0 Å². The molecule has 0 radical (unpaired) electrons. The molecular formula is C19H25N3O. The Bertz CT molecular complexity index is 635. The van der Waals surface area contributed by atoms with Crippen molar-refractivity contribution in [3.8, 4) is 0 Å². The summed E-state index contributed by atoms with van der Waals surface area (Å²) in [5.41, 5.74) is 2.66. The van der Waals surface area contributed by atoms with Gasteiger partial charge < -0.3 is 10.6 Å². The van der Waals surface area contributed by atoms with Crippen LogP contribution in [-0.2, 0) is 0 Å². The molecule has 0 spiro atoms. The van der Waals surface area contributed by atoms with Gasteiger partial charge in [-0.1, -0.05) is 39.3 Å². The molecule has 122 valence electrons. The van der Waals surface area contributed by atoms with E-state index < -0.39 is 0 Å². The highest BCUT2D eigenvalue weighted by molar-refractivity contribution is 6.04. The van der Waals surface area contributed by atoms with E-state index in [1.54, 1.807) is 18.3 Å². The summed E-state index contributed by atoms with van der Waals surface area (Å²) in [6.45, 7) is 7.31. The lowest BCUT2D eigenvalue weighted by Crippen LogP contribution is -2.13. The van der Waals surface area contributed by atoms with E-state index in [0.717, 1.165) is 30.9 Å². The molecule has 2 N–H and O–H groups in total. The standard InChI is InChI=1S/C19H25N3O/c1-4-5-11-20-18-13-16(10-12-21-18)19(23)22-17-8-6-15(7-9-17)14(2)3/h6-10,12-14H,4-5,11H2,1-3H3,(H,20,21)(H,22,23). The number of nitrogens with one attached hydrogen (secondary N) is 2. The Morgan fingerprint density at radius 1 is 1.17 bits per heavy atom. The van der Waals surface area contributed by atoms with Crippen molar-refractivity contribution in [1.29, 1.82) is 0 Å². The number of unbranched alkanes of at least 4 members (excludes halogenated alkanes) is 1. The third-order valence-corrected chi connectivity index (χ3v) is 3.69. The minimum absolute atomic E-state index is 0.122. The molecule has 0 saturated carbocycles. The normalized spacial score (nSPS) is 10.6. The zero-order valence-corrected chi connectivity index (χ0v) is 14.1. The van der Waals surface area contributed by atoms with Crippen LogP contribution in [0, 0.1) is 0 Å². The number of hydrogen-bond acceptors (Lipinski definition) is 3. The highest BCUT2D eigenvalue weighted by atomic mass is 16.1. The highest BCUT2D eigenvalue weighted by Gasteiger charge is 2.08. The van der Waals surface area contributed by atoms with Crippen LogP contribution in [0.15, 0.2) is 42.6 Å². The molecule has 0 aliphatic rings. The zero-order chi connectivity index (χ0) is 16.7. The topological polar surface area (TPSA) is 54.0 Å². The second-order valence-corrected chi connectivity index (χ2v) is 5.94. The number of benzene rings is 1. The lowest BCUT2D eigenvalue weighted by atomic mass is 10.0. The first-order chi connectivity index (χ1) is 11.1. The van der Waals surface area contributed by atoms with Gasteiger partial charge in [-0.15, -0.1) is 0 Å². The molecule has 2 aromatic rings. The molecule has 4 nitrogen and oxygen atoms in total. The number of aromatic nitrogens is 1. The van der Waals surface area contributed by atoms with Crippen molar-refractivity contribution in [2.45, 2.75) is 39.5 Å². The van der Waals surface area contributed by atoms with Crippen molar-refractivity contribution in [2.75, 3.05) is 17.2 Å². The van der Waals surface area contributed by atoms with Crippen LogP contribution >= 0.6 is 0 Å². The second kappa shape index (κ2) is 8.32. The Labute approximate surface area is 138 Å². The first-order valence-electron chi connectivity index (χ1n) is 8.21. The fourth-order valence-corrected chi connectivity index (χ4v) is 2.22. The van der Waals surface area contributed by atoms with Crippen LogP contribution in [0.2, 0.25) is 0 Å². The molecule has 1 aromatic heterocycles. The number of pyridine rings is 1. The number of rotatable bonds is 7. The minimum Gasteiger partial charge on any atom is -0.370 e. The maximum absolute atomic E-state index is 12.3. The molecule has 4 heteroatoms. The Kier molecular flexibility index (Phi) is 6.15. The molecule has 1 amide bonds. The summed E-state index contributed by atoms with van der Waals surface area (Å²) in [6, 6.07) is 11.5. The van der Waals surface area contributed by atoms with Gasteiger partial charge in [0.2, 0.25) is 0 Å². The number of hydrogen-bond donors (Lipinski definition) is 2. The van der Waals surface area contributed by atoms with Gasteiger partial charge in [-0.2, -0.15) is 0 Å². The maximum atomic E-state index is 12.3. The fourth-order valence-electron chi connectivity index (χ4n) is 2.22. The lowest BCUT2D eigenvalue weighted by Gasteiger charge is -2.09. The van der Waals surface area contributed by atoms with Crippen molar-refractivity contribution >= 4 is 17.4 Å². The SMILES string of the molecule is CCCCNc1cc(C(=O)Nc2ccc(C(C)C)cc2)ccn1. The van der Waals surface area contributed by atoms with E-state index in [1.165, 1.54) is 5.56 Å². The molecule has 23 heavy (non-hydrogen) atoms.